The van der Waals surface area contributed by atoms with Crippen LogP contribution < -0.4 is 9.64 Å². The Morgan fingerprint density at radius 1 is 1.17 bits per heavy atom. The van der Waals surface area contributed by atoms with Gasteiger partial charge in [-0.1, -0.05) is 29.0 Å². The van der Waals surface area contributed by atoms with Crippen molar-refractivity contribution in [3.05, 3.63) is 80.0 Å². The van der Waals surface area contributed by atoms with Crippen LogP contribution in [0.4, 0.5) is 5.13 Å². The molecule has 0 radical (unpaired) electrons. The maximum Gasteiger partial charge on any atom is 0.301 e. The van der Waals surface area contributed by atoms with Crippen molar-refractivity contribution in [1.29, 1.82) is 0 Å². The van der Waals surface area contributed by atoms with Gasteiger partial charge in [-0.15, -0.1) is 11.3 Å². The fourth-order valence-electron chi connectivity index (χ4n) is 4.16. The minimum Gasteiger partial charge on any atom is -0.507 e. The number of fused-ring (bicyclic) bond motifs is 1. The number of aryl methyl sites for hydroxylation is 2. The van der Waals surface area contributed by atoms with Gasteiger partial charge >= 0.3 is 5.91 Å². The topological polar surface area (TPSA) is 79.7 Å². The molecule has 1 aliphatic rings. The Hall–Kier alpha value is -3.20. The summed E-state index contributed by atoms with van der Waals surface area (Å²) in [5.41, 5.74) is 2.84. The van der Waals surface area contributed by atoms with E-state index < -0.39 is 17.7 Å². The van der Waals surface area contributed by atoms with Gasteiger partial charge in [-0.25, -0.2) is 4.98 Å². The summed E-state index contributed by atoms with van der Waals surface area (Å²) in [7, 11) is 0. The van der Waals surface area contributed by atoms with Gasteiger partial charge in [0.1, 0.15) is 17.6 Å². The molecular weight excluding hydrogens is 504 g/mol. The Bertz CT molecular complexity index is 1470. The average Bonchev–Trinajstić information content (AvgIpc) is 3.54. The molecule has 178 valence electrons. The summed E-state index contributed by atoms with van der Waals surface area (Å²) < 4.78 is 6.45. The van der Waals surface area contributed by atoms with Crippen molar-refractivity contribution in [1.82, 2.24) is 4.98 Å². The highest BCUT2D eigenvalue weighted by molar-refractivity contribution is 7.22. The van der Waals surface area contributed by atoms with E-state index in [-0.39, 0.29) is 11.3 Å². The number of thiazole rings is 1. The maximum absolute atomic E-state index is 13.3. The number of benzene rings is 2. The van der Waals surface area contributed by atoms with E-state index in [1.165, 1.54) is 27.6 Å². The molecular formula is C26H21ClN2O4S2. The number of carbonyl (C=O) groups is 2. The lowest BCUT2D eigenvalue weighted by Gasteiger charge is -2.21. The number of amides is 1. The van der Waals surface area contributed by atoms with Crippen molar-refractivity contribution >= 4 is 67.1 Å². The number of rotatable bonds is 5. The van der Waals surface area contributed by atoms with E-state index in [2.05, 4.69) is 4.98 Å². The molecule has 1 N–H and O–H groups in total. The zero-order valence-corrected chi connectivity index (χ0v) is 21.6. The molecule has 4 aromatic rings. The lowest BCUT2D eigenvalue weighted by Crippen LogP contribution is -2.28. The van der Waals surface area contributed by atoms with Gasteiger partial charge in [-0.2, -0.15) is 0 Å². The van der Waals surface area contributed by atoms with Crippen molar-refractivity contribution in [3.63, 3.8) is 0 Å². The summed E-state index contributed by atoms with van der Waals surface area (Å²) in [5.74, 6) is -1.01. The number of aliphatic hydroxyl groups excluding tert-OH is 1. The number of aromatic nitrogens is 1. The lowest BCUT2D eigenvalue weighted by molar-refractivity contribution is -0.132. The van der Waals surface area contributed by atoms with Crippen LogP contribution >= 0.6 is 34.3 Å². The van der Waals surface area contributed by atoms with Crippen LogP contribution in [-0.4, -0.2) is 28.4 Å². The second-order valence-electron chi connectivity index (χ2n) is 8.16. The molecule has 5 rings (SSSR count). The number of hydrogen-bond acceptors (Lipinski definition) is 7. The number of thiophene rings is 1. The summed E-state index contributed by atoms with van der Waals surface area (Å²) in [6.07, 6.45) is 0. The lowest BCUT2D eigenvalue weighted by atomic mass is 9.99. The van der Waals surface area contributed by atoms with E-state index in [0.717, 1.165) is 20.7 Å². The van der Waals surface area contributed by atoms with Gasteiger partial charge in [-0.05, 0) is 73.7 Å². The quantitative estimate of drug-likeness (QED) is 0.179. The highest BCUT2D eigenvalue weighted by Gasteiger charge is 2.48. The molecule has 0 saturated carbocycles. The van der Waals surface area contributed by atoms with E-state index in [1.54, 1.807) is 24.3 Å². The van der Waals surface area contributed by atoms with E-state index in [4.69, 9.17) is 16.3 Å². The van der Waals surface area contributed by atoms with E-state index in [0.29, 0.717) is 33.6 Å². The van der Waals surface area contributed by atoms with Gasteiger partial charge in [0.25, 0.3) is 5.78 Å². The molecule has 1 aliphatic heterocycles. The molecule has 9 heteroatoms. The zero-order valence-electron chi connectivity index (χ0n) is 19.2. The molecule has 6 nitrogen and oxygen atoms in total. The molecule has 1 amide bonds. The predicted octanol–water partition coefficient (Wildman–Crippen LogP) is 6.65. The summed E-state index contributed by atoms with van der Waals surface area (Å²) in [6, 6.07) is 11.8. The first kappa shape index (κ1) is 23.5. The summed E-state index contributed by atoms with van der Waals surface area (Å²) >= 11 is 8.99. The SMILES string of the molecule is CCOc1ccc(/C(O)=C2\C(=O)C(=O)N(c3nc4cc(Cl)c(C)cc4s3)C2c2cccs2)cc1C. The molecule has 0 aliphatic carbocycles. The molecule has 2 aromatic heterocycles. The number of aliphatic hydroxyl groups is 1. The minimum absolute atomic E-state index is 0.0366. The van der Waals surface area contributed by atoms with E-state index in [9.17, 15) is 14.7 Å². The van der Waals surface area contributed by atoms with Crippen LogP contribution in [-0.2, 0) is 9.59 Å². The van der Waals surface area contributed by atoms with Crippen molar-refractivity contribution < 1.29 is 19.4 Å². The highest BCUT2D eigenvalue weighted by atomic mass is 35.5. The van der Waals surface area contributed by atoms with Crippen LogP contribution in [0.1, 0.15) is 34.5 Å². The first-order chi connectivity index (χ1) is 16.8. The van der Waals surface area contributed by atoms with Crippen molar-refractivity contribution in [2.45, 2.75) is 26.8 Å². The molecule has 0 bridgehead atoms. The Balaban J connectivity index is 1.67. The number of hydrogen-bond donors (Lipinski definition) is 1. The van der Waals surface area contributed by atoms with Gasteiger partial charge in [0, 0.05) is 15.5 Å². The first-order valence-corrected chi connectivity index (χ1v) is 13.0. The van der Waals surface area contributed by atoms with Gasteiger partial charge in [0.2, 0.25) is 0 Å². The van der Waals surface area contributed by atoms with Crippen molar-refractivity contribution in [2.75, 3.05) is 11.5 Å². The average molecular weight is 525 g/mol. The van der Waals surface area contributed by atoms with Gasteiger partial charge in [0.15, 0.2) is 5.13 Å². The highest BCUT2D eigenvalue weighted by Crippen LogP contribution is 2.46. The second kappa shape index (κ2) is 9.11. The van der Waals surface area contributed by atoms with Gasteiger partial charge < -0.3 is 9.84 Å². The number of halogens is 1. The van der Waals surface area contributed by atoms with Crippen LogP contribution in [0.15, 0.2) is 53.4 Å². The third-order valence-corrected chi connectivity index (χ3v) is 8.22. The van der Waals surface area contributed by atoms with Gasteiger partial charge in [0.05, 0.1) is 22.4 Å². The number of Topliss-reactive ketones (excluding diaryl/α,β-unsaturated/α-hetero) is 1. The Labute approximate surface area is 215 Å². The van der Waals surface area contributed by atoms with Crippen LogP contribution in [0.25, 0.3) is 16.0 Å². The minimum atomic E-state index is -0.793. The molecule has 3 heterocycles. The predicted molar refractivity (Wildman–Crippen MR) is 141 cm³/mol. The third-order valence-electron chi connectivity index (χ3n) is 5.87. The number of ketones is 1. The van der Waals surface area contributed by atoms with Crippen LogP contribution in [0.3, 0.4) is 0 Å². The van der Waals surface area contributed by atoms with Crippen molar-refractivity contribution in [2.24, 2.45) is 0 Å². The maximum atomic E-state index is 13.3. The second-order valence-corrected chi connectivity index (χ2v) is 10.6. The molecule has 35 heavy (non-hydrogen) atoms. The van der Waals surface area contributed by atoms with Crippen LogP contribution in [0, 0.1) is 13.8 Å². The van der Waals surface area contributed by atoms with E-state index >= 15 is 0 Å². The fraction of sp³-hybridized carbons (Fsp3) is 0.192. The first-order valence-electron chi connectivity index (χ1n) is 10.9. The Morgan fingerprint density at radius 2 is 1.97 bits per heavy atom. The van der Waals surface area contributed by atoms with Gasteiger partial charge in [-0.3, -0.25) is 14.5 Å². The largest absolute Gasteiger partial charge is 0.507 e. The smallest absolute Gasteiger partial charge is 0.301 e. The summed E-state index contributed by atoms with van der Waals surface area (Å²) in [4.78, 5) is 33.4. The number of anilines is 1. The number of carbonyl (C=O) groups excluding carboxylic acids is 2. The Kier molecular flexibility index (Phi) is 6.13. The molecule has 1 atom stereocenters. The van der Waals surface area contributed by atoms with Crippen LogP contribution in [0.2, 0.25) is 5.02 Å². The fourth-order valence-corrected chi connectivity index (χ4v) is 6.21. The Morgan fingerprint density at radius 3 is 2.66 bits per heavy atom. The summed E-state index contributed by atoms with van der Waals surface area (Å²) in [5, 5.41) is 14.1. The van der Waals surface area contributed by atoms with E-state index in [1.807, 2.05) is 44.4 Å². The molecule has 0 spiro atoms. The molecule has 1 saturated heterocycles. The number of ether oxygens (including phenoxy) is 1. The molecule has 1 unspecified atom stereocenters. The molecule has 1 fully saturated rings. The standard InChI is InChI=1S/C26H21ClN2O4S2/c1-4-33-18-8-7-15(10-14(18)3)23(30)21-22(19-6-5-9-34-19)29(25(32)24(21)31)26-28-17-12-16(27)13(2)11-20(17)35-26/h5-12,22,30H,4H2,1-3H3/b23-21+. The normalized spacial score (nSPS) is 17.5. The van der Waals surface area contributed by atoms with Crippen LogP contribution in [0.5, 0.6) is 5.75 Å². The van der Waals surface area contributed by atoms with Crippen molar-refractivity contribution in [3.8, 4) is 5.75 Å². The molecule has 2 aromatic carbocycles. The third kappa shape index (κ3) is 4.01. The monoisotopic (exact) mass is 524 g/mol. The number of nitrogens with zero attached hydrogens (tertiary/aromatic N) is 2. The summed E-state index contributed by atoms with van der Waals surface area (Å²) in [6.45, 7) is 6.18. The zero-order chi connectivity index (χ0) is 24.9.